The maximum atomic E-state index is 12.9. The molecule has 1 saturated heterocycles. The summed E-state index contributed by atoms with van der Waals surface area (Å²) in [5.41, 5.74) is -0.669. The fourth-order valence-corrected chi connectivity index (χ4v) is 3.89. The number of hydrogen-bond donors (Lipinski definition) is 4. The Bertz CT molecular complexity index is 933. The van der Waals surface area contributed by atoms with Gasteiger partial charge in [0.05, 0.1) is 19.7 Å². The largest absolute Gasteiger partial charge is 0.465 e. The zero-order valence-electron chi connectivity index (χ0n) is 16.3. The van der Waals surface area contributed by atoms with Gasteiger partial charge in [-0.05, 0) is 43.0 Å². The summed E-state index contributed by atoms with van der Waals surface area (Å²) in [6.45, 7) is -0.482. The Morgan fingerprint density at radius 1 is 1.12 bits per heavy atom. The Labute approximate surface area is 178 Å². The minimum atomic E-state index is -9.93. The van der Waals surface area contributed by atoms with E-state index >= 15 is 0 Å². The van der Waals surface area contributed by atoms with Crippen LogP contribution >= 0.6 is 10.2 Å². The molecule has 0 spiro atoms. The predicted molar refractivity (Wildman–Crippen MR) is 100 cm³/mol. The van der Waals surface area contributed by atoms with E-state index in [0.29, 0.717) is 12.1 Å². The summed E-state index contributed by atoms with van der Waals surface area (Å²) in [6, 6.07) is -0.500. The first-order valence-corrected chi connectivity index (χ1v) is 11.2. The minimum Gasteiger partial charge on any atom is -0.465 e. The van der Waals surface area contributed by atoms with Gasteiger partial charge < -0.3 is 20.1 Å². The molecule has 1 aromatic carbocycles. The summed E-state index contributed by atoms with van der Waals surface area (Å²) < 4.78 is 70.0. The molecule has 1 aromatic rings. The van der Waals surface area contributed by atoms with Gasteiger partial charge >= 0.3 is 16.3 Å². The van der Waals surface area contributed by atoms with E-state index in [0.717, 1.165) is 17.7 Å². The highest BCUT2D eigenvalue weighted by Crippen LogP contribution is 3.02. The van der Waals surface area contributed by atoms with Crippen LogP contribution in [0.2, 0.25) is 0 Å². The van der Waals surface area contributed by atoms with Gasteiger partial charge in [0, 0.05) is 5.56 Å². The SMILES string of the molecule is O=C(NC(C(=O)NO)C1(OCC2CC2)CN(C(=O)O)C1)c1ccc(S(F)(F)(F)(F)F)cc1. The molecule has 2 fully saturated rings. The molecule has 0 bridgehead atoms. The number of carbonyl (C=O) groups excluding carboxylic acids is 2. The predicted octanol–water partition coefficient (Wildman–Crippen LogP) is 3.11. The molecule has 1 saturated carbocycles. The summed E-state index contributed by atoms with van der Waals surface area (Å²) in [5.74, 6) is -2.07. The average molecular weight is 489 g/mol. The quantitative estimate of drug-likeness (QED) is 0.252. The number of nitrogens with one attached hydrogen (secondary N) is 2. The number of hydroxylamine groups is 1. The second kappa shape index (κ2) is 7.18. The molecule has 3 rings (SSSR count). The number of benzene rings is 1. The van der Waals surface area contributed by atoms with Crippen molar-refractivity contribution in [3.8, 4) is 0 Å². The molecule has 180 valence electrons. The van der Waals surface area contributed by atoms with E-state index < -0.39 is 50.2 Å². The van der Waals surface area contributed by atoms with Crippen LogP contribution in [0.25, 0.3) is 0 Å². The normalized spacial score (nSPS) is 20.9. The molecule has 1 aliphatic carbocycles. The van der Waals surface area contributed by atoms with Crippen LogP contribution in [0.1, 0.15) is 23.2 Å². The van der Waals surface area contributed by atoms with Crippen LogP contribution in [-0.4, -0.2) is 64.5 Å². The molecule has 32 heavy (non-hydrogen) atoms. The summed E-state index contributed by atoms with van der Waals surface area (Å²) in [6.07, 6.45) is 0.415. The lowest BCUT2D eigenvalue weighted by Crippen LogP contribution is -2.75. The van der Waals surface area contributed by atoms with Crippen molar-refractivity contribution in [1.82, 2.24) is 15.7 Å². The van der Waals surface area contributed by atoms with Crippen molar-refractivity contribution in [1.29, 1.82) is 0 Å². The number of carbonyl (C=O) groups is 3. The third-order valence-corrected chi connectivity index (χ3v) is 6.39. The zero-order valence-corrected chi connectivity index (χ0v) is 17.1. The number of ether oxygens (including phenoxy) is 1. The van der Waals surface area contributed by atoms with Crippen molar-refractivity contribution in [2.75, 3.05) is 19.7 Å². The second-order valence-electron chi connectivity index (χ2n) is 7.83. The van der Waals surface area contributed by atoms with E-state index in [9.17, 15) is 33.8 Å². The number of nitrogens with zero attached hydrogens (tertiary/aromatic N) is 1. The van der Waals surface area contributed by atoms with E-state index in [1.54, 1.807) is 0 Å². The Morgan fingerprint density at radius 3 is 2.12 bits per heavy atom. The van der Waals surface area contributed by atoms with Crippen LogP contribution in [-0.2, 0) is 9.53 Å². The van der Waals surface area contributed by atoms with E-state index in [-0.39, 0.29) is 37.7 Å². The van der Waals surface area contributed by atoms with E-state index in [1.807, 2.05) is 0 Å². The number of hydrogen-bond acceptors (Lipinski definition) is 5. The van der Waals surface area contributed by atoms with Gasteiger partial charge in [0.15, 0.2) is 0 Å². The first kappa shape index (κ1) is 24.0. The third kappa shape index (κ3) is 5.21. The van der Waals surface area contributed by atoms with Crippen LogP contribution in [0.15, 0.2) is 29.2 Å². The molecule has 1 atom stereocenters. The lowest BCUT2D eigenvalue weighted by atomic mass is 9.84. The summed E-state index contributed by atoms with van der Waals surface area (Å²) in [4.78, 5) is 34.7. The Morgan fingerprint density at radius 2 is 1.69 bits per heavy atom. The summed E-state index contributed by atoms with van der Waals surface area (Å²) >= 11 is 0. The Kier molecular flexibility index (Phi) is 5.38. The molecular formula is C17H20F5N3O6S. The minimum absolute atomic E-state index is 0.0481. The van der Waals surface area contributed by atoms with E-state index in [2.05, 4.69) is 5.32 Å². The van der Waals surface area contributed by atoms with Crippen molar-refractivity contribution < 1.29 is 48.9 Å². The molecule has 15 heteroatoms. The van der Waals surface area contributed by atoms with Crippen molar-refractivity contribution in [2.24, 2.45) is 5.92 Å². The van der Waals surface area contributed by atoms with Gasteiger partial charge in [-0.2, -0.15) is 0 Å². The van der Waals surface area contributed by atoms with Crippen LogP contribution < -0.4 is 10.8 Å². The highest BCUT2D eigenvalue weighted by molar-refractivity contribution is 8.45. The fourth-order valence-electron chi connectivity index (χ4n) is 3.24. The first-order chi connectivity index (χ1) is 14.5. The first-order valence-electron chi connectivity index (χ1n) is 9.25. The van der Waals surface area contributed by atoms with Gasteiger partial charge in [-0.15, -0.1) is 0 Å². The molecule has 1 unspecified atom stereocenters. The number of likely N-dealkylation sites (tertiary alicyclic amines) is 1. The molecule has 1 heterocycles. The van der Waals surface area contributed by atoms with Gasteiger partial charge in [0.1, 0.15) is 16.5 Å². The molecule has 0 aromatic heterocycles. The highest BCUT2D eigenvalue weighted by Gasteiger charge is 2.65. The van der Waals surface area contributed by atoms with E-state index in [4.69, 9.17) is 15.1 Å². The van der Waals surface area contributed by atoms with Gasteiger partial charge in [-0.25, -0.2) is 10.3 Å². The smallest absolute Gasteiger partial charge is 0.407 e. The molecule has 2 aliphatic rings. The number of halogens is 5. The lowest BCUT2D eigenvalue weighted by molar-refractivity contribution is -0.169. The van der Waals surface area contributed by atoms with Crippen LogP contribution in [0.3, 0.4) is 0 Å². The third-order valence-electron chi connectivity index (χ3n) is 5.23. The lowest BCUT2D eigenvalue weighted by Gasteiger charge is -2.51. The summed E-state index contributed by atoms with van der Waals surface area (Å²) in [7, 11) is -9.93. The molecule has 4 N–H and O–H groups in total. The molecule has 1 aliphatic heterocycles. The maximum absolute atomic E-state index is 12.9. The Hall–Kier alpha value is -2.65. The number of rotatable bonds is 8. The fraction of sp³-hybridized carbons (Fsp3) is 0.471. The van der Waals surface area contributed by atoms with Crippen LogP contribution in [0.5, 0.6) is 0 Å². The van der Waals surface area contributed by atoms with E-state index in [1.165, 1.54) is 5.48 Å². The maximum Gasteiger partial charge on any atom is 0.407 e. The van der Waals surface area contributed by atoms with Crippen molar-refractivity contribution in [3.63, 3.8) is 0 Å². The molecule has 0 radical (unpaired) electrons. The standard InChI is InChI=1S/C17H20F5N3O6S/c18-32(19,20,21,22)12-5-3-11(4-6-12)14(26)23-13(15(27)24-30)17(31-7-10-1-2-10)8-25(9-17)16(28)29/h3-6,10,13,30H,1-2,7-9H2,(H,23,26)(H,24,27)(H,28,29). The summed E-state index contributed by atoms with van der Waals surface area (Å²) in [5, 5.41) is 20.4. The van der Waals surface area contributed by atoms with Gasteiger partial charge in [0.2, 0.25) is 0 Å². The topological polar surface area (TPSA) is 128 Å². The molecular weight excluding hydrogens is 469 g/mol. The number of amides is 3. The average Bonchev–Trinajstić information content (AvgIpc) is 3.47. The monoisotopic (exact) mass is 489 g/mol. The van der Waals surface area contributed by atoms with Crippen LogP contribution in [0, 0.1) is 5.92 Å². The van der Waals surface area contributed by atoms with Crippen molar-refractivity contribution in [3.05, 3.63) is 29.8 Å². The highest BCUT2D eigenvalue weighted by atomic mass is 32.5. The van der Waals surface area contributed by atoms with Crippen LogP contribution in [0.4, 0.5) is 24.2 Å². The second-order valence-corrected chi connectivity index (χ2v) is 10.2. The molecule has 3 amide bonds. The zero-order chi connectivity index (χ0) is 24.0. The van der Waals surface area contributed by atoms with Crippen molar-refractivity contribution >= 4 is 28.1 Å². The van der Waals surface area contributed by atoms with Crippen molar-refractivity contribution in [2.45, 2.75) is 29.4 Å². The van der Waals surface area contributed by atoms with Gasteiger partial charge in [-0.1, -0.05) is 19.4 Å². The van der Waals surface area contributed by atoms with Gasteiger partial charge in [-0.3, -0.25) is 14.8 Å². The number of carboxylic acid groups (broad SMARTS) is 1. The molecule has 9 nitrogen and oxygen atoms in total. The van der Waals surface area contributed by atoms with Gasteiger partial charge in [0.25, 0.3) is 11.8 Å². The Balaban J connectivity index is 1.82.